The zero-order valence-corrected chi connectivity index (χ0v) is 14.7. The van der Waals surface area contributed by atoms with Gasteiger partial charge in [-0.05, 0) is 30.2 Å². The van der Waals surface area contributed by atoms with Gasteiger partial charge >= 0.3 is 0 Å². The minimum atomic E-state index is 0.194. The molecule has 4 aromatic rings. The van der Waals surface area contributed by atoms with Crippen molar-refractivity contribution in [3.05, 3.63) is 65.3 Å². The Balaban J connectivity index is 1.75. The molecule has 3 heterocycles. The molecule has 5 nitrogen and oxygen atoms in total. The Morgan fingerprint density at radius 1 is 1.25 bits per heavy atom. The average molecular weight is 382 g/mol. The van der Waals surface area contributed by atoms with Gasteiger partial charge in [-0.25, -0.2) is 9.97 Å². The Labute approximate surface area is 147 Å². The van der Waals surface area contributed by atoms with Crippen LogP contribution in [0.25, 0.3) is 22.3 Å². The van der Waals surface area contributed by atoms with Gasteiger partial charge in [0.15, 0.2) is 0 Å². The van der Waals surface area contributed by atoms with Crippen LogP contribution in [-0.4, -0.2) is 24.7 Å². The number of benzene rings is 1. The predicted molar refractivity (Wildman–Crippen MR) is 97.7 cm³/mol. The molecule has 3 aromatic heterocycles. The summed E-state index contributed by atoms with van der Waals surface area (Å²) in [5, 5.41) is 5.60. The van der Waals surface area contributed by atoms with E-state index in [-0.39, 0.29) is 6.04 Å². The summed E-state index contributed by atoms with van der Waals surface area (Å²) in [6.45, 7) is 2.17. The third-order valence-corrected chi connectivity index (χ3v) is 4.66. The molecule has 1 aromatic carbocycles. The van der Waals surface area contributed by atoms with Crippen LogP contribution in [0.4, 0.5) is 0 Å². The second-order valence-corrected chi connectivity index (χ2v) is 6.57. The number of aromatic nitrogens is 5. The summed E-state index contributed by atoms with van der Waals surface area (Å²) in [6, 6.07) is 10.6. The number of hydrogen-bond acceptors (Lipinski definition) is 3. The number of nitrogens with one attached hydrogen (secondary N) is 1. The molecule has 1 N–H and O–H groups in total. The van der Waals surface area contributed by atoms with Crippen LogP contribution in [0.15, 0.2) is 59.7 Å². The SMILES string of the molecule is CCC(c1cccc(Br)c1)n1cc(-c2ncnc3[nH]ccc23)cn1. The smallest absolute Gasteiger partial charge is 0.141 e. The number of H-pyrrole nitrogens is 1. The lowest BCUT2D eigenvalue weighted by Crippen LogP contribution is -2.10. The van der Waals surface area contributed by atoms with Crippen LogP contribution in [0.5, 0.6) is 0 Å². The third kappa shape index (κ3) is 2.63. The molecule has 0 saturated heterocycles. The van der Waals surface area contributed by atoms with E-state index in [1.54, 1.807) is 6.33 Å². The quantitative estimate of drug-likeness (QED) is 0.562. The van der Waals surface area contributed by atoms with E-state index >= 15 is 0 Å². The van der Waals surface area contributed by atoms with Crippen molar-refractivity contribution >= 4 is 27.0 Å². The van der Waals surface area contributed by atoms with Gasteiger partial charge in [-0.2, -0.15) is 5.10 Å². The maximum absolute atomic E-state index is 4.59. The molecule has 1 unspecified atom stereocenters. The Hall–Kier alpha value is -2.47. The topological polar surface area (TPSA) is 59.4 Å². The fourth-order valence-corrected chi connectivity index (χ4v) is 3.44. The maximum atomic E-state index is 4.59. The Morgan fingerprint density at radius 3 is 3.00 bits per heavy atom. The van der Waals surface area contributed by atoms with Crippen LogP contribution in [0.3, 0.4) is 0 Å². The fraction of sp³-hybridized carbons (Fsp3) is 0.167. The first-order chi connectivity index (χ1) is 11.8. The van der Waals surface area contributed by atoms with Crippen molar-refractivity contribution in [2.45, 2.75) is 19.4 Å². The number of rotatable bonds is 4. The van der Waals surface area contributed by atoms with Gasteiger partial charge in [0, 0.05) is 27.8 Å². The summed E-state index contributed by atoms with van der Waals surface area (Å²) >= 11 is 3.55. The van der Waals surface area contributed by atoms with Crippen molar-refractivity contribution in [3.63, 3.8) is 0 Å². The summed E-state index contributed by atoms with van der Waals surface area (Å²) < 4.78 is 3.09. The molecule has 0 saturated carbocycles. The second kappa shape index (κ2) is 6.20. The highest BCUT2D eigenvalue weighted by Crippen LogP contribution is 2.28. The van der Waals surface area contributed by atoms with E-state index < -0.39 is 0 Å². The van der Waals surface area contributed by atoms with E-state index in [2.05, 4.69) is 67.3 Å². The summed E-state index contributed by atoms with van der Waals surface area (Å²) in [4.78, 5) is 11.8. The summed E-state index contributed by atoms with van der Waals surface area (Å²) in [6.07, 6.45) is 8.35. The highest BCUT2D eigenvalue weighted by molar-refractivity contribution is 9.10. The van der Waals surface area contributed by atoms with Gasteiger partial charge in [0.1, 0.15) is 12.0 Å². The molecule has 0 aliphatic carbocycles. The zero-order valence-electron chi connectivity index (χ0n) is 13.1. The van der Waals surface area contributed by atoms with Crippen molar-refractivity contribution < 1.29 is 0 Å². The lowest BCUT2D eigenvalue weighted by Gasteiger charge is -2.16. The second-order valence-electron chi connectivity index (χ2n) is 5.65. The number of nitrogens with zero attached hydrogens (tertiary/aromatic N) is 4. The normalized spacial score (nSPS) is 12.6. The highest BCUT2D eigenvalue weighted by Gasteiger charge is 2.15. The molecule has 1 atom stereocenters. The molecule has 0 radical (unpaired) electrons. The molecule has 0 amide bonds. The van der Waals surface area contributed by atoms with Gasteiger partial charge in [-0.3, -0.25) is 4.68 Å². The first kappa shape index (κ1) is 15.1. The molecule has 120 valence electrons. The predicted octanol–water partition coefficient (Wildman–Crippen LogP) is 4.58. The Bertz CT molecular complexity index is 988. The Morgan fingerprint density at radius 2 is 2.17 bits per heavy atom. The maximum Gasteiger partial charge on any atom is 0.141 e. The Kier molecular flexibility index (Phi) is 3.90. The van der Waals surface area contributed by atoms with Crippen LogP contribution in [0.1, 0.15) is 24.9 Å². The van der Waals surface area contributed by atoms with Crippen LogP contribution in [-0.2, 0) is 0 Å². The number of aromatic amines is 1. The third-order valence-electron chi connectivity index (χ3n) is 4.17. The standard InChI is InChI=1S/C18H16BrN5/c1-2-16(12-4-3-5-14(19)8-12)24-10-13(9-23-24)17-15-6-7-20-18(15)22-11-21-17/h3-11,16H,2H2,1H3,(H,20,21,22). The molecular weight excluding hydrogens is 366 g/mol. The van der Waals surface area contributed by atoms with Crippen LogP contribution < -0.4 is 0 Å². The molecule has 4 rings (SSSR count). The molecule has 6 heteroatoms. The van der Waals surface area contributed by atoms with Gasteiger partial charge in [0.05, 0.1) is 17.9 Å². The largest absolute Gasteiger partial charge is 0.346 e. The fourth-order valence-electron chi connectivity index (χ4n) is 3.02. The van der Waals surface area contributed by atoms with Gasteiger partial charge in [0.25, 0.3) is 0 Å². The van der Waals surface area contributed by atoms with Crippen LogP contribution >= 0.6 is 15.9 Å². The van der Waals surface area contributed by atoms with Crippen LogP contribution in [0, 0.1) is 0 Å². The minimum Gasteiger partial charge on any atom is -0.346 e. The van der Waals surface area contributed by atoms with Crippen molar-refractivity contribution in [1.29, 1.82) is 0 Å². The zero-order chi connectivity index (χ0) is 16.5. The molecule has 0 fully saturated rings. The first-order valence-corrected chi connectivity index (χ1v) is 8.63. The van der Waals surface area contributed by atoms with Gasteiger partial charge in [0.2, 0.25) is 0 Å². The van der Waals surface area contributed by atoms with E-state index in [0.29, 0.717) is 0 Å². The average Bonchev–Trinajstić information content (AvgIpc) is 3.24. The van der Waals surface area contributed by atoms with Crippen LogP contribution in [0.2, 0.25) is 0 Å². The van der Waals surface area contributed by atoms with Crippen molar-refractivity contribution in [3.8, 4) is 11.3 Å². The monoisotopic (exact) mass is 381 g/mol. The van der Waals surface area contributed by atoms with Gasteiger partial charge in [-0.15, -0.1) is 0 Å². The van der Waals surface area contributed by atoms with Crippen molar-refractivity contribution in [2.75, 3.05) is 0 Å². The minimum absolute atomic E-state index is 0.194. The summed E-state index contributed by atoms with van der Waals surface area (Å²) in [5.41, 5.74) is 3.97. The number of hydrogen-bond donors (Lipinski definition) is 1. The molecule has 24 heavy (non-hydrogen) atoms. The molecule has 0 aliphatic rings. The first-order valence-electron chi connectivity index (χ1n) is 7.84. The van der Waals surface area contributed by atoms with E-state index in [1.165, 1.54) is 5.56 Å². The van der Waals surface area contributed by atoms with Crippen molar-refractivity contribution in [2.24, 2.45) is 0 Å². The molecule has 0 spiro atoms. The molecule has 0 bridgehead atoms. The molecule has 0 aliphatic heterocycles. The lowest BCUT2D eigenvalue weighted by molar-refractivity contribution is 0.509. The summed E-state index contributed by atoms with van der Waals surface area (Å²) in [7, 11) is 0. The van der Waals surface area contributed by atoms with E-state index in [1.807, 2.05) is 29.2 Å². The number of halogens is 1. The van der Waals surface area contributed by atoms with Crippen molar-refractivity contribution in [1.82, 2.24) is 24.7 Å². The highest BCUT2D eigenvalue weighted by atomic mass is 79.9. The molecular formula is C18H16BrN5. The van der Waals surface area contributed by atoms with E-state index in [0.717, 1.165) is 33.2 Å². The summed E-state index contributed by atoms with van der Waals surface area (Å²) in [5.74, 6) is 0. The van der Waals surface area contributed by atoms with E-state index in [9.17, 15) is 0 Å². The van der Waals surface area contributed by atoms with E-state index in [4.69, 9.17) is 0 Å². The van der Waals surface area contributed by atoms with Gasteiger partial charge in [-0.1, -0.05) is 35.0 Å². The van der Waals surface area contributed by atoms with Gasteiger partial charge < -0.3 is 4.98 Å². The lowest BCUT2D eigenvalue weighted by atomic mass is 10.1. The number of fused-ring (bicyclic) bond motifs is 1.